The van der Waals surface area contributed by atoms with Gasteiger partial charge in [-0.1, -0.05) is 32.1 Å². The molecule has 3 fully saturated rings. The van der Waals surface area contributed by atoms with Crippen molar-refractivity contribution in [3.05, 3.63) is 0 Å². The van der Waals surface area contributed by atoms with Crippen molar-refractivity contribution in [3.63, 3.8) is 0 Å². The number of ether oxygens (including phenoxy) is 1. The van der Waals surface area contributed by atoms with E-state index in [9.17, 15) is 4.79 Å². The van der Waals surface area contributed by atoms with E-state index in [-0.39, 0.29) is 11.9 Å². The van der Waals surface area contributed by atoms with Crippen molar-refractivity contribution < 1.29 is 9.53 Å². The molecule has 17 heavy (non-hydrogen) atoms. The van der Waals surface area contributed by atoms with Crippen LogP contribution in [-0.2, 0) is 9.53 Å². The van der Waals surface area contributed by atoms with Crippen LogP contribution in [0.3, 0.4) is 0 Å². The van der Waals surface area contributed by atoms with Crippen LogP contribution >= 0.6 is 0 Å². The lowest BCUT2D eigenvalue weighted by molar-refractivity contribution is -0.137. The number of fused-ring (bicyclic) bond motifs is 1. The van der Waals surface area contributed by atoms with Crippen LogP contribution in [0.25, 0.3) is 0 Å². The van der Waals surface area contributed by atoms with Crippen molar-refractivity contribution in [2.24, 2.45) is 16.8 Å². The van der Waals surface area contributed by atoms with E-state index >= 15 is 0 Å². The van der Waals surface area contributed by atoms with Gasteiger partial charge in [0.15, 0.2) is 5.90 Å². The molecule has 3 aliphatic rings. The van der Waals surface area contributed by atoms with E-state index in [1.165, 1.54) is 44.9 Å². The van der Waals surface area contributed by atoms with Gasteiger partial charge in [-0.15, -0.1) is 0 Å². The minimum Gasteiger partial charge on any atom is -0.411 e. The van der Waals surface area contributed by atoms with Crippen molar-refractivity contribution in [3.8, 4) is 0 Å². The largest absolute Gasteiger partial charge is 0.411 e. The van der Waals surface area contributed by atoms with E-state index in [0.717, 1.165) is 18.7 Å². The number of carbonyl (C=O) groups is 1. The van der Waals surface area contributed by atoms with Gasteiger partial charge in [0.25, 0.3) is 0 Å². The van der Waals surface area contributed by atoms with E-state index < -0.39 is 0 Å². The summed E-state index contributed by atoms with van der Waals surface area (Å²) in [7, 11) is 0. The Morgan fingerprint density at radius 1 is 0.882 bits per heavy atom. The van der Waals surface area contributed by atoms with Gasteiger partial charge in [-0.05, 0) is 25.7 Å². The highest BCUT2D eigenvalue weighted by molar-refractivity contribution is 5.99. The maximum atomic E-state index is 11.8. The third kappa shape index (κ3) is 2.24. The van der Waals surface area contributed by atoms with Crippen LogP contribution in [0.15, 0.2) is 4.99 Å². The smallest absolute Gasteiger partial charge is 0.316 e. The number of nitrogens with zero attached hydrogens (tertiary/aromatic N) is 1. The second-order valence-electron chi connectivity index (χ2n) is 5.68. The Morgan fingerprint density at radius 2 is 1.53 bits per heavy atom. The van der Waals surface area contributed by atoms with Gasteiger partial charge >= 0.3 is 5.97 Å². The standard InChI is InChI=1S/C14H21NO2/c16-14-12-9-5-4-8-11(12)13(17-14)15-10-6-2-1-3-7-10/h10-12H,1-9H2. The average molecular weight is 235 g/mol. The SMILES string of the molecule is O=C1OC(=NC2CCCCC2)C2CCCCC12. The first-order chi connectivity index (χ1) is 8.34. The average Bonchev–Trinajstić information content (AvgIpc) is 2.69. The fourth-order valence-electron chi connectivity index (χ4n) is 3.48. The number of cyclic esters (lactones) is 1. The van der Waals surface area contributed by atoms with Gasteiger partial charge < -0.3 is 4.74 Å². The molecule has 3 rings (SSSR count). The second-order valence-corrected chi connectivity index (χ2v) is 5.68. The summed E-state index contributed by atoms with van der Waals surface area (Å²) in [5, 5.41) is 0. The number of hydrogen-bond donors (Lipinski definition) is 0. The molecule has 94 valence electrons. The zero-order valence-electron chi connectivity index (χ0n) is 10.4. The molecule has 3 heteroatoms. The molecule has 0 spiro atoms. The molecule has 0 N–H and O–H groups in total. The first-order valence-electron chi connectivity index (χ1n) is 7.14. The third-order valence-electron chi connectivity index (χ3n) is 4.48. The fraction of sp³-hybridized carbons (Fsp3) is 0.857. The van der Waals surface area contributed by atoms with Gasteiger partial charge in [0, 0.05) is 5.92 Å². The van der Waals surface area contributed by atoms with E-state index in [0.29, 0.717) is 12.0 Å². The minimum absolute atomic E-state index is 0.00994. The van der Waals surface area contributed by atoms with Crippen LogP contribution in [-0.4, -0.2) is 17.9 Å². The van der Waals surface area contributed by atoms with Gasteiger partial charge in [-0.3, -0.25) is 9.79 Å². The van der Waals surface area contributed by atoms with Crippen molar-refractivity contribution >= 4 is 11.9 Å². The van der Waals surface area contributed by atoms with Crippen molar-refractivity contribution in [2.75, 3.05) is 0 Å². The molecule has 2 saturated carbocycles. The van der Waals surface area contributed by atoms with Crippen molar-refractivity contribution in [1.29, 1.82) is 0 Å². The van der Waals surface area contributed by atoms with Crippen molar-refractivity contribution in [2.45, 2.75) is 63.8 Å². The molecular formula is C14H21NO2. The number of hydrogen-bond acceptors (Lipinski definition) is 3. The summed E-state index contributed by atoms with van der Waals surface area (Å²) in [6, 6.07) is 0.423. The zero-order chi connectivity index (χ0) is 11.7. The molecule has 0 aromatic rings. The monoisotopic (exact) mass is 235 g/mol. The predicted molar refractivity (Wildman–Crippen MR) is 65.8 cm³/mol. The molecular weight excluding hydrogens is 214 g/mol. The normalized spacial score (nSPS) is 36.9. The lowest BCUT2D eigenvalue weighted by Crippen LogP contribution is -2.23. The second kappa shape index (κ2) is 4.79. The van der Waals surface area contributed by atoms with Crippen LogP contribution < -0.4 is 0 Å². The summed E-state index contributed by atoms with van der Waals surface area (Å²) in [5.41, 5.74) is 0. The van der Waals surface area contributed by atoms with Gasteiger partial charge in [-0.2, -0.15) is 0 Å². The number of esters is 1. The van der Waals surface area contributed by atoms with Gasteiger partial charge in [0.1, 0.15) is 0 Å². The maximum Gasteiger partial charge on any atom is 0.316 e. The molecule has 1 aliphatic heterocycles. The summed E-state index contributed by atoms with van der Waals surface area (Å²) in [4.78, 5) is 16.5. The van der Waals surface area contributed by atoms with E-state index in [1.54, 1.807) is 0 Å². The molecule has 1 saturated heterocycles. The number of rotatable bonds is 1. The van der Waals surface area contributed by atoms with E-state index in [1.807, 2.05) is 0 Å². The summed E-state index contributed by atoms with van der Waals surface area (Å²) >= 11 is 0. The topological polar surface area (TPSA) is 38.7 Å². The fourth-order valence-corrected chi connectivity index (χ4v) is 3.48. The lowest BCUT2D eigenvalue weighted by atomic mass is 9.81. The molecule has 2 atom stereocenters. The predicted octanol–water partition coefficient (Wildman–Crippen LogP) is 3.08. The summed E-state index contributed by atoms with van der Waals surface area (Å²) < 4.78 is 5.42. The Hall–Kier alpha value is -0.860. The van der Waals surface area contributed by atoms with Crippen LogP contribution in [0.2, 0.25) is 0 Å². The maximum absolute atomic E-state index is 11.8. The highest BCUT2D eigenvalue weighted by Gasteiger charge is 2.43. The van der Waals surface area contributed by atoms with E-state index in [2.05, 4.69) is 0 Å². The Bertz CT molecular complexity index is 331. The molecule has 0 aromatic carbocycles. The molecule has 2 aliphatic carbocycles. The first kappa shape index (κ1) is 11.2. The Morgan fingerprint density at radius 3 is 2.29 bits per heavy atom. The Kier molecular flexibility index (Phi) is 3.17. The Balaban J connectivity index is 1.73. The quantitative estimate of drug-likeness (QED) is 0.655. The van der Waals surface area contributed by atoms with Crippen LogP contribution in [0.4, 0.5) is 0 Å². The van der Waals surface area contributed by atoms with E-state index in [4.69, 9.17) is 9.73 Å². The van der Waals surface area contributed by atoms with Crippen molar-refractivity contribution in [1.82, 2.24) is 0 Å². The van der Waals surface area contributed by atoms with Crippen LogP contribution in [0, 0.1) is 11.8 Å². The Labute approximate surface area is 103 Å². The highest BCUT2D eigenvalue weighted by atomic mass is 16.6. The van der Waals surface area contributed by atoms with Crippen LogP contribution in [0.5, 0.6) is 0 Å². The third-order valence-corrected chi connectivity index (χ3v) is 4.48. The van der Waals surface area contributed by atoms with Gasteiger partial charge in [0.05, 0.1) is 12.0 Å². The molecule has 2 unspecified atom stereocenters. The molecule has 3 nitrogen and oxygen atoms in total. The molecule has 0 amide bonds. The van der Waals surface area contributed by atoms with Crippen LogP contribution in [0.1, 0.15) is 57.8 Å². The lowest BCUT2D eigenvalue weighted by Gasteiger charge is -2.22. The number of aliphatic imine (C=N–C) groups is 1. The van der Waals surface area contributed by atoms with Gasteiger partial charge in [0.2, 0.25) is 0 Å². The van der Waals surface area contributed by atoms with Gasteiger partial charge in [-0.25, -0.2) is 0 Å². The molecule has 0 aromatic heterocycles. The molecule has 1 heterocycles. The molecule has 0 bridgehead atoms. The summed E-state index contributed by atoms with van der Waals surface area (Å²) in [6.45, 7) is 0. The first-order valence-corrected chi connectivity index (χ1v) is 7.14. The zero-order valence-corrected chi connectivity index (χ0v) is 10.4. The number of carbonyl (C=O) groups excluding carboxylic acids is 1. The summed E-state index contributed by atoms with van der Waals surface area (Å²) in [5.74, 6) is 1.22. The minimum atomic E-state index is -0.00994. The highest BCUT2D eigenvalue weighted by Crippen LogP contribution is 2.37. The summed E-state index contributed by atoms with van der Waals surface area (Å²) in [6.07, 6.45) is 10.8. The molecule has 0 radical (unpaired) electrons.